The molecule has 0 bridgehead atoms. The van der Waals surface area contributed by atoms with Crippen molar-refractivity contribution >= 4 is 5.91 Å². The largest absolute Gasteiger partial charge is 0.368 e. The van der Waals surface area contributed by atoms with Crippen molar-refractivity contribution in [1.29, 1.82) is 0 Å². The number of likely N-dealkylation sites (tertiary alicyclic amines) is 1. The van der Waals surface area contributed by atoms with Gasteiger partial charge in [0, 0.05) is 12.6 Å². The molecule has 106 valence electrons. The monoisotopic (exact) mass is 255 g/mol. The van der Waals surface area contributed by atoms with E-state index in [4.69, 9.17) is 5.73 Å². The lowest BCUT2D eigenvalue weighted by atomic mass is 10.1. The minimum absolute atomic E-state index is 0.185. The van der Waals surface area contributed by atoms with Crippen LogP contribution in [0.25, 0.3) is 0 Å². The Balaban J connectivity index is 2.32. The van der Waals surface area contributed by atoms with Crippen molar-refractivity contribution in [1.82, 2.24) is 10.2 Å². The van der Waals surface area contributed by atoms with Crippen molar-refractivity contribution in [2.24, 2.45) is 5.73 Å². The standard InChI is InChI=1S/C14H29N3O/c1-12(2)16-13(14(15)18)8-11-17-9-6-4-3-5-7-10-17/h12-13,16H,3-11H2,1-2H3,(H2,15,18). The van der Waals surface area contributed by atoms with E-state index in [2.05, 4.69) is 10.2 Å². The number of primary amides is 1. The lowest BCUT2D eigenvalue weighted by molar-refractivity contribution is -0.120. The van der Waals surface area contributed by atoms with E-state index >= 15 is 0 Å². The van der Waals surface area contributed by atoms with Crippen LogP contribution in [0.15, 0.2) is 0 Å². The molecule has 0 aromatic carbocycles. The summed E-state index contributed by atoms with van der Waals surface area (Å²) in [6, 6.07) is 0.116. The van der Waals surface area contributed by atoms with Crippen molar-refractivity contribution in [3.05, 3.63) is 0 Å². The van der Waals surface area contributed by atoms with Gasteiger partial charge in [-0.05, 0) is 32.4 Å². The quantitative estimate of drug-likeness (QED) is 0.756. The van der Waals surface area contributed by atoms with E-state index in [1.807, 2.05) is 13.8 Å². The van der Waals surface area contributed by atoms with Gasteiger partial charge in [0.05, 0.1) is 6.04 Å². The molecule has 0 aromatic heterocycles. The molecular formula is C14H29N3O. The smallest absolute Gasteiger partial charge is 0.234 e. The summed E-state index contributed by atoms with van der Waals surface area (Å²) in [6.45, 7) is 7.42. The summed E-state index contributed by atoms with van der Waals surface area (Å²) < 4.78 is 0. The molecule has 18 heavy (non-hydrogen) atoms. The molecule has 3 N–H and O–H groups in total. The Hall–Kier alpha value is -0.610. The zero-order chi connectivity index (χ0) is 13.4. The average molecular weight is 255 g/mol. The molecule has 0 aliphatic carbocycles. The first kappa shape index (κ1) is 15.4. The molecule has 1 rings (SSSR count). The molecule has 4 nitrogen and oxygen atoms in total. The molecule has 0 saturated carbocycles. The number of carbonyl (C=O) groups is 1. The minimum atomic E-state index is -0.226. The molecule has 1 amide bonds. The van der Waals surface area contributed by atoms with Crippen LogP contribution in [0.4, 0.5) is 0 Å². The van der Waals surface area contributed by atoms with Gasteiger partial charge in [-0.1, -0.05) is 33.1 Å². The van der Waals surface area contributed by atoms with Crippen molar-refractivity contribution in [3.63, 3.8) is 0 Å². The van der Waals surface area contributed by atoms with E-state index < -0.39 is 0 Å². The molecule has 4 heteroatoms. The van der Waals surface area contributed by atoms with Crippen LogP contribution >= 0.6 is 0 Å². The summed E-state index contributed by atoms with van der Waals surface area (Å²) in [5.74, 6) is -0.226. The number of nitrogens with zero attached hydrogens (tertiary/aromatic N) is 1. The number of amides is 1. The van der Waals surface area contributed by atoms with Crippen LogP contribution in [0, 0.1) is 0 Å². The number of nitrogens with two attached hydrogens (primary N) is 1. The normalized spacial score (nSPS) is 20.4. The number of carbonyl (C=O) groups excluding carboxylic acids is 1. The van der Waals surface area contributed by atoms with Gasteiger partial charge < -0.3 is 16.0 Å². The zero-order valence-corrected chi connectivity index (χ0v) is 12.0. The average Bonchev–Trinajstić information content (AvgIpc) is 2.24. The number of hydrogen-bond donors (Lipinski definition) is 2. The summed E-state index contributed by atoms with van der Waals surface area (Å²) in [5.41, 5.74) is 5.44. The summed E-state index contributed by atoms with van der Waals surface area (Å²) in [6.07, 6.45) is 7.48. The van der Waals surface area contributed by atoms with E-state index in [1.165, 1.54) is 45.2 Å². The maximum Gasteiger partial charge on any atom is 0.234 e. The number of hydrogen-bond acceptors (Lipinski definition) is 3. The van der Waals surface area contributed by atoms with Gasteiger partial charge in [0.25, 0.3) is 0 Å². The van der Waals surface area contributed by atoms with Crippen LogP contribution in [0.2, 0.25) is 0 Å². The Bertz CT molecular complexity index is 235. The van der Waals surface area contributed by atoms with E-state index in [1.54, 1.807) is 0 Å². The first-order valence-corrected chi connectivity index (χ1v) is 7.37. The number of rotatable bonds is 6. The minimum Gasteiger partial charge on any atom is -0.368 e. The Morgan fingerprint density at radius 2 is 1.72 bits per heavy atom. The zero-order valence-electron chi connectivity index (χ0n) is 12.0. The fourth-order valence-corrected chi connectivity index (χ4v) is 2.56. The fraction of sp³-hybridized carbons (Fsp3) is 0.929. The third-order valence-electron chi connectivity index (χ3n) is 3.56. The van der Waals surface area contributed by atoms with Gasteiger partial charge in [0.1, 0.15) is 0 Å². The maximum atomic E-state index is 11.4. The summed E-state index contributed by atoms with van der Waals surface area (Å²) >= 11 is 0. The van der Waals surface area contributed by atoms with Crippen LogP contribution < -0.4 is 11.1 Å². The van der Waals surface area contributed by atoms with E-state index in [9.17, 15) is 4.79 Å². The van der Waals surface area contributed by atoms with E-state index in [0.29, 0.717) is 6.04 Å². The maximum absolute atomic E-state index is 11.4. The molecule has 0 radical (unpaired) electrons. The van der Waals surface area contributed by atoms with Crippen molar-refractivity contribution < 1.29 is 4.79 Å². The lowest BCUT2D eigenvalue weighted by Gasteiger charge is -2.26. The Morgan fingerprint density at radius 3 is 2.22 bits per heavy atom. The molecule has 1 fully saturated rings. The van der Waals surface area contributed by atoms with Crippen LogP contribution in [-0.4, -0.2) is 42.5 Å². The SMILES string of the molecule is CC(C)NC(CCN1CCCCCCC1)C(N)=O. The highest BCUT2D eigenvalue weighted by Crippen LogP contribution is 2.11. The second-order valence-electron chi connectivity index (χ2n) is 5.67. The molecule has 1 unspecified atom stereocenters. The Kier molecular flexibility index (Phi) is 7.28. The van der Waals surface area contributed by atoms with E-state index in [0.717, 1.165) is 13.0 Å². The Labute approximate surface area is 111 Å². The van der Waals surface area contributed by atoms with Gasteiger partial charge in [-0.15, -0.1) is 0 Å². The highest BCUT2D eigenvalue weighted by atomic mass is 16.1. The molecule has 1 saturated heterocycles. The Morgan fingerprint density at radius 1 is 1.17 bits per heavy atom. The summed E-state index contributed by atoms with van der Waals surface area (Å²) in [7, 11) is 0. The second-order valence-corrected chi connectivity index (χ2v) is 5.67. The molecule has 1 aliphatic heterocycles. The van der Waals surface area contributed by atoms with Gasteiger partial charge in [-0.2, -0.15) is 0 Å². The summed E-state index contributed by atoms with van der Waals surface area (Å²) in [4.78, 5) is 13.9. The predicted octanol–water partition coefficient (Wildman–Crippen LogP) is 1.49. The first-order valence-electron chi connectivity index (χ1n) is 7.37. The second kappa shape index (κ2) is 8.48. The van der Waals surface area contributed by atoms with Gasteiger partial charge in [0.2, 0.25) is 5.91 Å². The van der Waals surface area contributed by atoms with Gasteiger partial charge in [-0.25, -0.2) is 0 Å². The molecule has 0 spiro atoms. The highest BCUT2D eigenvalue weighted by molar-refractivity contribution is 5.79. The van der Waals surface area contributed by atoms with Gasteiger partial charge >= 0.3 is 0 Å². The van der Waals surface area contributed by atoms with Crippen LogP contribution in [0.1, 0.15) is 52.4 Å². The molecule has 1 aliphatic rings. The van der Waals surface area contributed by atoms with Crippen molar-refractivity contribution in [3.8, 4) is 0 Å². The van der Waals surface area contributed by atoms with Crippen LogP contribution in [0.5, 0.6) is 0 Å². The third-order valence-corrected chi connectivity index (χ3v) is 3.56. The van der Waals surface area contributed by atoms with Gasteiger partial charge in [0.15, 0.2) is 0 Å². The molecule has 0 aromatic rings. The predicted molar refractivity (Wildman–Crippen MR) is 75.4 cm³/mol. The summed E-state index contributed by atoms with van der Waals surface area (Å²) in [5, 5.41) is 3.25. The van der Waals surface area contributed by atoms with Crippen molar-refractivity contribution in [2.75, 3.05) is 19.6 Å². The highest BCUT2D eigenvalue weighted by Gasteiger charge is 2.17. The van der Waals surface area contributed by atoms with E-state index in [-0.39, 0.29) is 11.9 Å². The lowest BCUT2D eigenvalue weighted by Crippen LogP contribution is -2.46. The molecular weight excluding hydrogens is 226 g/mol. The fourth-order valence-electron chi connectivity index (χ4n) is 2.56. The van der Waals surface area contributed by atoms with Gasteiger partial charge in [-0.3, -0.25) is 4.79 Å². The topological polar surface area (TPSA) is 58.4 Å². The molecule has 1 heterocycles. The molecule has 1 atom stereocenters. The number of nitrogens with one attached hydrogen (secondary N) is 1. The first-order chi connectivity index (χ1) is 8.59. The van der Waals surface area contributed by atoms with Crippen LogP contribution in [0.3, 0.4) is 0 Å². The van der Waals surface area contributed by atoms with Crippen molar-refractivity contribution in [2.45, 2.75) is 64.5 Å². The third kappa shape index (κ3) is 6.36. The van der Waals surface area contributed by atoms with Crippen LogP contribution in [-0.2, 0) is 4.79 Å².